The number of nitrogens with one attached hydrogen (secondary N) is 1. The van der Waals surface area contributed by atoms with Gasteiger partial charge in [-0.25, -0.2) is 4.98 Å². The first kappa shape index (κ1) is 29.2. The van der Waals surface area contributed by atoms with Crippen molar-refractivity contribution < 1.29 is 23.9 Å². The van der Waals surface area contributed by atoms with E-state index in [2.05, 4.69) is 33.9 Å². The average molecular weight is 594 g/mol. The van der Waals surface area contributed by atoms with Gasteiger partial charge in [0.25, 0.3) is 5.91 Å². The number of pyridine rings is 1. The van der Waals surface area contributed by atoms with Crippen molar-refractivity contribution in [3.63, 3.8) is 0 Å². The lowest BCUT2D eigenvalue weighted by Crippen LogP contribution is -2.46. The lowest BCUT2D eigenvalue weighted by molar-refractivity contribution is -0.127. The van der Waals surface area contributed by atoms with Gasteiger partial charge in [-0.15, -0.1) is 0 Å². The first-order chi connectivity index (χ1) is 21.3. The van der Waals surface area contributed by atoms with Gasteiger partial charge in [0.2, 0.25) is 11.8 Å². The van der Waals surface area contributed by atoms with Crippen molar-refractivity contribution in [3.8, 4) is 34.6 Å². The zero-order valence-corrected chi connectivity index (χ0v) is 25.2. The Bertz CT molecular complexity index is 1670. The zero-order chi connectivity index (χ0) is 30.8. The van der Waals surface area contributed by atoms with E-state index < -0.39 is 17.2 Å². The van der Waals surface area contributed by atoms with Crippen molar-refractivity contribution in [1.29, 1.82) is 0 Å². The van der Waals surface area contributed by atoms with Crippen LogP contribution in [-0.4, -0.2) is 86.0 Å². The van der Waals surface area contributed by atoms with Crippen molar-refractivity contribution in [2.75, 3.05) is 58.4 Å². The molecule has 10 heteroatoms. The number of ether oxygens (including phenoxy) is 2. The molecule has 3 aliphatic heterocycles. The van der Waals surface area contributed by atoms with Crippen LogP contribution >= 0.6 is 0 Å². The molecule has 0 radical (unpaired) electrons. The molecule has 44 heavy (non-hydrogen) atoms. The molecule has 1 aromatic heterocycles. The number of piperazine rings is 1. The third-order valence-electron chi connectivity index (χ3n) is 8.62. The second-order valence-corrected chi connectivity index (χ2v) is 11.3. The van der Waals surface area contributed by atoms with Gasteiger partial charge < -0.3 is 24.2 Å². The third kappa shape index (κ3) is 5.58. The third-order valence-corrected chi connectivity index (χ3v) is 8.62. The SMILES string of the molecule is CCN1CCN(c2ccc(OC)c(-c3ccc(C#C[C@]4(CN5Cc6ccc(OC)cc6C5=O)CC(=O)NC4=O)cc3)n2)CC1. The Labute approximate surface area is 256 Å². The van der Waals surface area contributed by atoms with Gasteiger partial charge in [0.15, 0.2) is 0 Å². The maximum absolute atomic E-state index is 13.2. The summed E-state index contributed by atoms with van der Waals surface area (Å²) in [5.41, 5.74) is 2.31. The number of aromatic nitrogens is 1. The van der Waals surface area contributed by atoms with Gasteiger partial charge in [-0.1, -0.05) is 37.0 Å². The number of hydrogen-bond acceptors (Lipinski definition) is 8. The largest absolute Gasteiger partial charge is 0.497 e. The standard InChI is InChI=1S/C34H35N5O5/c1-4-37-15-17-38(18-16-37)29-12-11-28(44-3)31(35-29)24-7-5-23(6-8-24)13-14-34(20-30(40)36-33(34)42)22-39-21-25-9-10-26(43-2)19-27(25)32(39)41/h5-12,19H,4,15-18,20-22H2,1-3H3,(H,36,40,42)/t34-/m1/s1. The predicted octanol–water partition coefficient (Wildman–Crippen LogP) is 2.95. The molecule has 6 rings (SSSR count). The second kappa shape index (κ2) is 12.0. The number of likely N-dealkylation sites (N-methyl/N-ethyl adjacent to an activating group) is 1. The van der Waals surface area contributed by atoms with E-state index in [0.29, 0.717) is 29.2 Å². The van der Waals surface area contributed by atoms with Gasteiger partial charge in [-0.2, -0.15) is 0 Å². The van der Waals surface area contributed by atoms with Gasteiger partial charge in [-0.3, -0.25) is 19.7 Å². The van der Waals surface area contributed by atoms with Crippen molar-refractivity contribution in [1.82, 2.24) is 20.1 Å². The summed E-state index contributed by atoms with van der Waals surface area (Å²) in [7, 11) is 3.18. The van der Waals surface area contributed by atoms with Crippen molar-refractivity contribution in [2.45, 2.75) is 19.9 Å². The maximum Gasteiger partial charge on any atom is 0.254 e. The number of nitrogens with zero attached hydrogens (tertiary/aromatic N) is 4. The topological polar surface area (TPSA) is 104 Å². The quantitative estimate of drug-likeness (QED) is 0.330. The van der Waals surface area contributed by atoms with Crippen LogP contribution in [0.4, 0.5) is 5.82 Å². The summed E-state index contributed by atoms with van der Waals surface area (Å²) in [5, 5.41) is 2.39. The molecule has 3 amide bonds. The van der Waals surface area contributed by atoms with Crippen LogP contribution < -0.4 is 19.7 Å². The Morgan fingerprint density at radius 3 is 2.39 bits per heavy atom. The van der Waals surface area contributed by atoms with E-state index in [1.165, 1.54) is 0 Å². The molecule has 226 valence electrons. The normalized spacial score (nSPS) is 19.8. The van der Waals surface area contributed by atoms with Crippen LogP contribution in [0.2, 0.25) is 0 Å². The van der Waals surface area contributed by atoms with E-state index in [-0.39, 0.29) is 18.9 Å². The fourth-order valence-electron chi connectivity index (χ4n) is 6.01. The summed E-state index contributed by atoms with van der Waals surface area (Å²) in [5.74, 6) is 7.24. The number of hydrogen-bond donors (Lipinski definition) is 1. The molecular weight excluding hydrogens is 558 g/mol. The number of methoxy groups -OCH3 is 2. The van der Waals surface area contributed by atoms with Gasteiger partial charge in [-0.05, 0) is 48.5 Å². The maximum atomic E-state index is 13.2. The summed E-state index contributed by atoms with van der Waals surface area (Å²) >= 11 is 0. The molecule has 0 saturated carbocycles. The van der Waals surface area contributed by atoms with E-state index in [9.17, 15) is 14.4 Å². The molecule has 0 bridgehead atoms. The van der Waals surface area contributed by atoms with Crippen LogP contribution in [0.15, 0.2) is 54.6 Å². The Kier molecular flexibility index (Phi) is 7.97. The molecule has 10 nitrogen and oxygen atoms in total. The zero-order valence-electron chi connectivity index (χ0n) is 25.2. The van der Waals surface area contributed by atoms with Gasteiger partial charge in [0, 0.05) is 56.0 Å². The van der Waals surface area contributed by atoms with Crippen molar-refractivity contribution in [3.05, 3.63) is 71.3 Å². The van der Waals surface area contributed by atoms with Gasteiger partial charge in [0.1, 0.15) is 28.4 Å². The first-order valence-electron chi connectivity index (χ1n) is 14.8. The molecule has 4 heterocycles. The van der Waals surface area contributed by atoms with Crippen LogP contribution in [0.5, 0.6) is 11.5 Å². The predicted molar refractivity (Wildman–Crippen MR) is 165 cm³/mol. The molecule has 1 N–H and O–H groups in total. The Hall–Kier alpha value is -4.88. The highest BCUT2D eigenvalue weighted by Crippen LogP contribution is 2.34. The number of benzene rings is 2. The van der Waals surface area contributed by atoms with Crippen molar-refractivity contribution in [2.24, 2.45) is 5.41 Å². The van der Waals surface area contributed by atoms with E-state index in [1.54, 1.807) is 31.3 Å². The molecule has 2 aromatic carbocycles. The lowest BCUT2D eigenvalue weighted by atomic mass is 9.85. The highest BCUT2D eigenvalue weighted by atomic mass is 16.5. The minimum absolute atomic E-state index is 0.00587. The molecule has 2 fully saturated rings. The van der Waals surface area contributed by atoms with E-state index in [4.69, 9.17) is 14.5 Å². The smallest absolute Gasteiger partial charge is 0.254 e. The number of imide groups is 1. The minimum Gasteiger partial charge on any atom is -0.497 e. The average Bonchev–Trinajstić information content (AvgIpc) is 3.52. The Balaban J connectivity index is 1.23. The Morgan fingerprint density at radius 1 is 0.955 bits per heavy atom. The lowest BCUT2D eigenvalue weighted by Gasteiger charge is -2.35. The number of fused-ring (bicyclic) bond motifs is 1. The molecule has 3 aliphatic rings. The van der Waals surface area contributed by atoms with Crippen LogP contribution in [0.25, 0.3) is 11.3 Å². The summed E-state index contributed by atoms with van der Waals surface area (Å²) in [6.45, 7) is 7.42. The monoisotopic (exact) mass is 593 g/mol. The fourth-order valence-corrected chi connectivity index (χ4v) is 6.01. The number of carbonyl (C=O) groups is 3. The molecule has 1 atom stereocenters. The second-order valence-electron chi connectivity index (χ2n) is 11.3. The van der Waals surface area contributed by atoms with Crippen LogP contribution in [0.3, 0.4) is 0 Å². The molecule has 0 spiro atoms. The van der Waals surface area contributed by atoms with Crippen LogP contribution in [0, 0.1) is 17.3 Å². The van der Waals surface area contributed by atoms with E-state index >= 15 is 0 Å². The number of rotatable bonds is 7. The molecular formula is C34H35N5O5. The summed E-state index contributed by atoms with van der Waals surface area (Å²) in [4.78, 5) is 49.9. The van der Waals surface area contributed by atoms with E-state index in [1.807, 2.05) is 42.5 Å². The Morgan fingerprint density at radius 2 is 1.73 bits per heavy atom. The van der Waals surface area contributed by atoms with Gasteiger partial charge >= 0.3 is 0 Å². The highest BCUT2D eigenvalue weighted by molar-refractivity contribution is 6.08. The van der Waals surface area contributed by atoms with Crippen molar-refractivity contribution >= 4 is 23.5 Å². The first-order valence-corrected chi connectivity index (χ1v) is 14.8. The molecule has 0 unspecified atom stereocenters. The summed E-state index contributed by atoms with van der Waals surface area (Å²) in [6, 6.07) is 16.9. The van der Waals surface area contributed by atoms with Crippen LogP contribution in [-0.2, 0) is 16.1 Å². The summed E-state index contributed by atoms with van der Waals surface area (Å²) in [6.07, 6.45) is -0.110. The highest BCUT2D eigenvalue weighted by Gasteiger charge is 2.48. The fraction of sp³-hybridized carbons (Fsp3) is 0.353. The van der Waals surface area contributed by atoms with Crippen LogP contribution in [0.1, 0.15) is 34.8 Å². The van der Waals surface area contributed by atoms with E-state index in [0.717, 1.165) is 55.4 Å². The summed E-state index contributed by atoms with van der Waals surface area (Å²) < 4.78 is 10.9. The molecule has 3 aromatic rings. The number of amides is 3. The minimum atomic E-state index is -1.35. The molecule has 0 aliphatic carbocycles. The van der Waals surface area contributed by atoms with Gasteiger partial charge in [0.05, 0.1) is 20.6 Å². The number of carbonyl (C=O) groups excluding carboxylic acids is 3. The molecule has 2 saturated heterocycles. The number of anilines is 1.